The third kappa shape index (κ3) is 9.57. The smallest absolute Gasteiger partial charge is 0.336 e. The number of methoxy groups -OCH3 is 1. The van der Waals surface area contributed by atoms with E-state index in [-0.39, 0.29) is 12.0 Å². The van der Waals surface area contributed by atoms with E-state index < -0.39 is 0 Å². The molecule has 0 aromatic carbocycles. The molecule has 1 aliphatic heterocycles. The van der Waals surface area contributed by atoms with Gasteiger partial charge in [-0.1, -0.05) is 44.3 Å². The topological polar surface area (TPSA) is 38.7 Å². The summed E-state index contributed by atoms with van der Waals surface area (Å²) in [5, 5.41) is 0. The first-order valence-electron chi connectivity index (χ1n) is 7.98. The number of nitrogens with zero attached hydrogens (tertiary/aromatic N) is 1. The number of halogens is 2. The van der Waals surface area contributed by atoms with Crippen molar-refractivity contribution in [3.63, 3.8) is 0 Å². The van der Waals surface area contributed by atoms with Gasteiger partial charge in [0.2, 0.25) is 0 Å². The zero-order chi connectivity index (χ0) is 16.2. The van der Waals surface area contributed by atoms with Crippen LogP contribution in [-0.4, -0.2) is 24.8 Å². The number of esters is 1. The molecule has 1 aliphatic rings. The molecule has 0 N–H and O–H groups in total. The molecule has 5 heteroatoms. The minimum Gasteiger partial charge on any atom is -0.467 e. The Kier molecular flexibility index (Phi) is 10.8. The summed E-state index contributed by atoms with van der Waals surface area (Å²) in [6, 6.07) is -0.318. The van der Waals surface area contributed by atoms with Crippen LogP contribution in [0.3, 0.4) is 0 Å². The summed E-state index contributed by atoms with van der Waals surface area (Å²) >= 11 is 6.73. The first-order valence-corrected chi connectivity index (χ1v) is 9.57. The van der Waals surface area contributed by atoms with E-state index in [9.17, 15) is 4.79 Å². The van der Waals surface area contributed by atoms with Gasteiger partial charge >= 0.3 is 5.97 Å². The van der Waals surface area contributed by atoms with Gasteiger partial charge in [-0.25, -0.2) is 4.79 Å². The van der Waals surface area contributed by atoms with E-state index in [0.717, 1.165) is 21.9 Å². The Labute approximate surface area is 150 Å². The highest BCUT2D eigenvalue weighted by Crippen LogP contribution is 2.17. The molecule has 1 atom stereocenters. The van der Waals surface area contributed by atoms with Crippen LogP contribution in [-0.2, 0) is 9.53 Å². The molecule has 1 heterocycles. The van der Waals surface area contributed by atoms with Crippen molar-refractivity contribution in [1.29, 1.82) is 0 Å². The molecule has 0 aromatic rings. The third-order valence-electron chi connectivity index (χ3n) is 3.58. The Morgan fingerprint density at radius 3 is 2.27 bits per heavy atom. The van der Waals surface area contributed by atoms with Crippen molar-refractivity contribution in [2.24, 2.45) is 4.99 Å². The van der Waals surface area contributed by atoms with Crippen molar-refractivity contribution >= 4 is 43.5 Å². The minimum absolute atomic E-state index is 0.251. The van der Waals surface area contributed by atoms with Crippen LogP contribution >= 0.6 is 31.9 Å². The molecule has 0 aromatic heterocycles. The van der Waals surface area contributed by atoms with Gasteiger partial charge in [-0.15, -0.1) is 0 Å². The summed E-state index contributed by atoms with van der Waals surface area (Å²) in [5.41, 5.74) is 0.857. The fourth-order valence-electron chi connectivity index (χ4n) is 2.24. The van der Waals surface area contributed by atoms with Crippen molar-refractivity contribution in [2.75, 3.05) is 7.11 Å². The number of carbonyl (C=O) groups is 1. The summed E-state index contributed by atoms with van der Waals surface area (Å²) in [5.74, 6) is -0.251. The molecule has 0 aliphatic carbocycles. The second-order valence-corrected chi connectivity index (χ2v) is 8.20. The molecule has 0 spiro atoms. The molecule has 124 valence electrons. The van der Waals surface area contributed by atoms with Crippen LogP contribution < -0.4 is 0 Å². The second kappa shape index (κ2) is 12.1. The number of ether oxygens (including phenoxy) is 1. The number of aliphatic imine (C=N–C) groups is 1. The van der Waals surface area contributed by atoms with Gasteiger partial charge in [-0.05, 0) is 63.6 Å². The fourth-order valence-corrected chi connectivity index (χ4v) is 2.69. The number of rotatable bonds is 12. The van der Waals surface area contributed by atoms with Crippen molar-refractivity contribution in [1.82, 2.24) is 0 Å². The van der Waals surface area contributed by atoms with Gasteiger partial charge in [0.25, 0.3) is 0 Å². The van der Waals surface area contributed by atoms with E-state index in [1.807, 2.05) is 6.08 Å². The molecular weight excluding hydrogens is 410 g/mol. The van der Waals surface area contributed by atoms with Crippen LogP contribution in [0.25, 0.3) is 0 Å². The maximum absolute atomic E-state index is 11.1. The summed E-state index contributed by atoms with van der Waals surface area (Å²) in [4.78, 5) is 15.2. The average Bonchev–Trinajstić information content (AvgIpc) is 3.26. The van der Waals surface area contributed by atoms with E-state index in [4.69, 9.17) is 0 Å². The van der Waals surface area contributed by atoms with Gasteiger partial charge < -0.3 is 4.74 Å². The van der Waals surface area contributed by atoms with Crippen LogP contribution in [0.5, 0.6) is 0 Å². The molecule has 0 fully saturated rings. The molecule has 3 nitrogen and oxygen atoms in total. The van der Waals surface area contributed by atoms with Crippen LogP contribution in [0, 0.1) is 0 Å². The molecule has 0 amide bonds. The third-order valence-corrected chi connectivity index (χ3v) is 4.22. The lowest BCUT2D eigenvalue weighted by molar-refractivity contribution is -0.139. The van der Waals surface area contributed by atoms with Crippen molar-refractivity contribution in [2.45, 2.75) is 63.8 Å². The second-order valence-electron chi connectivity index (χ2n) is 5.43. The van der Waals surface area contributed by atoms with Gasteiger partial charge in [-0.2, -0.15) is 0 Å². The van der Waals surface area contributed by atoms with Gasteiger partial charge in [-0.3, -0.25) is 4.99 Å². The predicted molar refractivity (Wildman–Crippen MR) is 99.9 cm³/mol. The summed E-state index contributed by atoms with van der Waals surface area (Å²) in [6.45, 7) is 0. The van der Waals surface area contributed by atoms with E-state index in [1.54, 1.807) is 0 Å². The molecule has 0 saturated heterocycles. The normalized spacial score (nSPS) is 16.5. The Morgan fingerprint density at radius 2 is 1.68 bits per heavy atom. The maximum Gasteiger partial charge on any atom is 0.336 e. The van der Waals surface area contributed by atoms with Crippen molar-refractivity contribution in [3.05, 3.63) is 21.6 Å². The first-order chi connectivity index (χ1) is 10.6. The van der Waals surface area contributed by atoms with Crippen LogP contribution in [0.4, 0.5) is 0 Å². The molecular formula is C17H25Br2NO2. The van der Waals surface area contributed by atoms with E-state index in [2.05, 4.69) is 53.7 Å². The number of allylic oxidation sites excluding steroid dienone is 2. The molecule has 1 rings (SSSR count). The first kappa shape index (κ1) is 19.6. The van der Waals surface area contributed by atoms with Crippen LogP contribution in [0.15, 0.2) is 26.6 Å². The highest BCUT2D eigenvalue weighted by molar-refractivity contribution is 9.28. The number of unbranched alkanes of at least 4 members (excludes halogenated alkanes) is 8. The summed E-state index contributed by atoms with van der Waals surface area (Å²) in [7, 11) is 1.40. The van der Waals surface area contributed by atoms with E-state index in [0.29, 0.717) is 0 Å². The van der Waals surface area contributed by atoms with Crippen molar-refractivity contribution in [3.8, 4) is 0 Å². The predicted octanol–water partition coefficient (Wildman–Crippen LogP) is 5.68. The monoisotopic (exact) mass is 433 g/mol. The van der Waals surface area contributed by atoms with E-state index >= 15 is 0 Å². The maximum atomic E-state index is 11.1. The van der Waals surface area contributed by atoms with Gasteiger partial charge in [0.1, 0.15) is 0 Å². The Balaban J connectivity index is 1.84. The van der Waals surface area contributed by atoms with Crippen LogP contribution in [0.1, 0.15) is 57.8 Å². The summed E-state index contributed by atoms with van der Waals surface area (Å²) < 4.78 is 5.69. The molecule has 0 saturated carbocycles. The fraction of sp³-hybridized carbons (Fsp3) is 0.647. The SMILES string of the molecule is COC(=O)C1N=C1/C=C/CCCCCCCCCC=C(Br)Br. The molecule has 0 radical (unpaired) electrons. The van der Waals surface area contributed by atoms with Crippen molar-refractivity contribution < 1.29 is 9.53 Å². The lowest BCUT2D eigenvalue weighted by Gasteiger charge is -2.00. The lowest BCUT2D eigenvalue weighted by atomic mass is 10.1. The van der Waals surface area contributed by atoms with Crippen LogP contribution in [0.2, 0.25) is 0 Å². The highest BCUT2D eigenvalue weighted by Gasteiger charge is 2.33. The standard InChI is InChI=1S/C17H25Br2NO2/c1-22-17(21)16-14(20-16)12-10-8-6-4-2-3-5-7-9-11-13-15(18)19/h10,12-13,16H,2-9,11H2,1H3/b12-10+. The zero-order valence-electron chi connectivity index (χ0n) is 13.2. The largest absolute Gasteiger partial charge is 0.467 e. The Morgan fingerprint density at radius 1 is 1.09 bits per heavy atom. The number of carbonyl (C=O) groups excluding carboxylic acids is 1. The lowest BCUT2D eigenvalue weighted by Crippen LogP contribution is -2.12. The van der Waals surface area contributed by atoms with E-state index in [1.165, 1.54) is 52.1 Å². The quantitative estimate of drug-likeness (QED) is 0.292. The molecule has 1 unspecified atom stereocenters. The average molecular weight is 435 g/mol. The molecule has 22 heavy (non-hydrogen) atoms. The highest BCUT2D eigenvalue weighted by atomic mass is 79.9. The summed E-state index contributed by atoms with van der Waals surface area (Å²) in [6.07, 6.45) is 17.5. The molecule has 0 bridgehead atoms. The Bertz CT molecular complexity index is 426. The van der Waals surface area contributed by atoms with Gasteiger partial charge in [0.15, 0.2) is 6.04 Å². The zero-order valence-corrected chi connectivity index (χ0v) is 16.4. The minimum atomic E-state index is -0.318. The number of hydrogen-bond acceptors (Lipinski definition) is 3. The van der Waals surface area contributed by atoms with Gasteiger partial charge in [0, 0.05) is 0 Å². The number of hydrogen-bond donors (Lipinski definition) is 0. The van der Waals surface area contributed by atoms with Gasteiger partial charge in [0.05, 0.1) is 16.2 Å². The Hall–Kier alpha value is -0.420.